The molecule has 42 heavy (non-hydrogen) atoms. The Morgan fingerprint density at radius 2 is 1.33 bits per heavy atom. The van der Waals surface area contributed by atoms with Gasteiger partial charge in [-0.1, -0.05) is 103 Å². The summed E-state index contributed by atoms with van der Waals surface area (Å²) < 4.78 is 8.55. The molecular weight excluding hydrogens is 514 g/mol. The zero-order valence-corrected chi connectivity index (χ0v) is 22.7. The second-order valence-electron chi connectivity index (χ2n) is 10.8. The molecule has 0 radical (unpaired) electrons. The van der Waals surface area contributed by atoms with Crippen molar-refractivity contribution in [2.45, 2.75) is 6.61 Å². The maximum absolute atomic E-state index is 6.28. The quantitative estimate of drug-likeness (QED) is 0.224. The van der Waals surface area contributed by atoms with Gasteiger partial charge in [0.15, 0.2) is 0 Å². The van der Waals surface area contributed by atoms with E-state index in [0.717, 1.165) is 45.6 Å². The monoisotopic (exact) mass is 539 g/mol. The van der Waals surface area contributed by atoms with Crippen molar-refractivity contribution in [3.8, 4) is 45.1 Å². The molecule has 2 aliphatic rings. The topological polar surface area (TPSA) is 30.3 Å². The number of benzene rings is 6. The highest BCUT2D eigenvalue weighted by Gasteiger charge is 2.32. The molecule has 7 aromatic rings. The molecule has 0 spiro atoms. The van der Waals surface area contributed by atoms with Crippen LogP contribution in [0, 0.1) is 0 Å². The normalized spacial score (nSPS) is 12.8. The third-order valence-electron chi connectivity index (χ3n) is 8.46. The molecular formula is C38H25N3O. The van der Waals surface area contributed by atoms with Gasteiger partial charge in [-0.2, -0.15) is 0 Å². The lowest BCUT2D eigenvalue weighted by molar-refractivity contribution is 0.302. The van der Waals surface area contributed by atoms with Gasteiger partial charge in [0.25, 0.3) is 0 Å². The minimum atomic E-state index is 0.530. The molecule has 4 nitrogen and oxygen atoms in total. The van der Waals surface area contributed by atoms with Crippen LogP contribution in [-0.4, -0.2) is 9.55 Å². The zero-order chi connectivity index (χ0) is 27.6. The van der Waals surface area contributed by atoms with Gasteiger partial charge in [0.05, 0.1) is 17.6 Å². The average Bonchev–Trinajstić information content (AvgIpc) is 3.50. The van der Waals surface area contributed by atoms with Crippen molar-refractivity contribution in [1.29, 1.82) is 0 Å². The van der Waals surface area contributed by atoms with E-state index in [4.69, 9.17) is 9.72 Å². The highest BCUT2D eigenvalue weighted by atomic mass is 16.5. The molecule has 0 saturated heterocycles. The summed E-state index contributed by atoms with van der Waals surface area (Å²) in [5, 5.41) is 2.48. The summed E-state index contributed by atoms with van der Waals surface area (Å²) in [6, 6.07) is 47.1. The van der Waals surface area contributed by atoms with Crippen molar-refractivity contribution < 1.29 is 4.74 Å². The van der Waals surface area contributed by atoms with Gasteiger partial charge in [0, 0.05) is 27.8 Å². The smallest absolute Gasteiger partial charge is 0.146 e. The molecule has 2 aliphatic heterocycles. The molecule has 0 bridgehead atoms. The Balaban J connectivity index is 1.39. The van der Waals surface area contributed by atoms with Gasteiger partial charge in [-0.15, -0.1) is 0 Å². The Hall–Kier alpha value is -5.61. The largest absolute Gasteiger partial charge is 0.488 e. The van der Waals surface area contributed by atoms with Crippen molar-refractivity contribution in [1.82, 2.24) is 9.55 Å². The Kier molecular flexibility index (Phi) is 4.93. The summed E-state index contributed by atoms with van der Waals surface area (Å²) in [4.78, 5) is 7.43. The van der Waals surface area contributed by atoms with Gasteiger partial charge in [-0.3, -0.25) is 9.47 Å². The van der Waals surface area contributed by atoms with E-state index in [0.29, 0.717) is 6.61 Å². The number of hydrogen-bond acceptors (Lipinski definition) is 3. The average molecular weight is 540 g/mol. The lowest BCUT2D eigenvalue weighted by Gasteiger charge is -2.35. The summed E-state index contributed by atoms with van der Waals surface area (Å²) in [5.41, 5.74) is 10.4. The molecule has 4 heteroatoms. The van der Waals surface area contributed by atoms with Crippen molar-refractivity contribution >= 4 is 28.0 Å². The molecule has 0 aliphatic carbocycles. The fourth-order valence-corrected chi connectivity index (χ4v) is 6.70. The van der Waals surface area contributed by atoms with E-state index >= 15 is 0 Å². The number of nitrogens with zero attached hydrogens (tertiary/aromatic N) is 3. The van der Waals surface area contributed by atoms with Crippen LogP contribution in [0.1, 0.15) is 5.56 Å². The van der Waals surface area contributed by atoms with Gasteiger partial charge in [0.2, 0.25) is 0 Å². The molecule has 198 valence electrons. The van der Waals surface area contributed by atoms with Crippen LogP contribution < -0.4 is 9.64 Å². The number of anilines is 3. The van der Waals surface area contributed by atoms with Gasteiger partial charge < -0.3 is 4.74 Å². The Bertz CT molecular complexity index is 2150. The maximum atomic E-state index is 6.28. The van der Waals surface area contributed by atoms with E-state index in [1.54, 1.807) is 0 Å². The second kappa shape index (κ2) is 8.95. The minimum Gasteiger partial charge on any atom is -0.488 e. The summed E-state index contributed by atoms with van der Waals surface area (Å²) >= 11 is 0. The van der Waals surface area contributed by atoms with Crippen LogP contribution in [0.25, 0.3) is 50.1 Å². The standard InChI is InChI=1S/C38H25N3O/c1-3-12-25(13-4-1)38-39-23-35(40(38)27-14-5-2-6-15-27)41-32-20-9-7-16-28(32)29-18-11-19-31-36-26(22-33(41)37(29)31)24-42-34-21-10-8-17-30(34)36/h1-23H,24H2. The molecule has 0 amide bonds. The van der Waals surface area contributed by atoms with Gasteiger partial charge in [-0.05, 0) is 52.4 Å². The minimum absolute atomic E-state index is 0.530. The highest BCUT2D eigenvalue weighted by Crippen LogP contribution is 2.55. The van der Waals surface area contributed by atoms with Gasteiger partial charge in [-0.25, -0.2) is 4.98 Å². The van der Waals surface area contributed by atoms with E-state index in [9.17, 15) is 0 Å². The van der Waals surface area contributed by atoms with E-state index in [2.05, 4.69) is 131 Å². The summed E-state index contributed by atoms with van der Waals surface area (Å²) in [7, 11) is 0. The molecule has 6 aromatic carbocycles. The molecule has 3 heterocycles. The number of aromatic nitrogens is 2. The van der Waals surface area contributed by atoms with E-state index in [-0.39, 0.29) is 0 Å². The van der Waals surface area contributed by atoms with Crippen molar-refractivity contribution in [2.75, 3.05) is 4.90 Å². The summed E-state index contributed by atoms with van der Waals surface area (Å²) in [6.45, 7) is 0.530. The van der Waals surface area contributed by atoms with E-state index in [1.807, 2.05) is 18.3 Å². The van der Waals surface area contributed by atoms with Gasteiger partial charge >= 0.3 is 0 Å². The maximum Gasteiger partial charge on any atom is 0.146 e. The Morgan fingerprint density at radius 3 is 2.19 bits per heavy atom. The molecule has 0 atom stereocenters. The van der Waals surface area contributed by atoms with E-state index in [1.165, 1.54) is 33.0 Å². The summed E-state index contributed by atoms with van der Waals surface area (Å²) in [5.74, 6) is 2.83. The first-order valence-corrected chi connectivity index (χ1v) is 14.3. The predicted molar refractivity (Wildman–Crippen MR) is 170 cm³/mol. The SMILES string of the molecule is c1ccc(-c2ncc(N3c4ccccc4-c4cccc5c6c(cc3c45)COc3ccccc3-6)n2-c2ccccc2)cc1. The fourth-order valence-electron chi connectivity index (χ4n) is 6.70. The van der Waals surface area contributed by atoms with Crippen molar-refractivity contribution in [2.24, 2.45) is 0 Å². The first-order chi connectivity index (χ1) is 20.9. The van der Waals surface area contributed by atoms with E-state index < -0.39 is 0 Å². The molecule has 0 fully saturated rings. The number of imidazole rings is 1. The molecule has 0 N–H and O–H groups in total. The Morgan fingerprint density at radius 1 is 0.619 bits per heavy atom. The third-order valence-corrected chi connectivity index (χ3v) is 8.46. The lowest BCUT2D eigenvalue weighted by Crippen LogP contribution is -2.19. The molecule has 9 rings (SSSR count). The van der Waals surface area contributed by atoms with Crippen molar-refractivity contribution in [3.63, 3.8) is 0 Å². The van der Waals surface area contributed by atoms with Crippen LogP contribution in [0.5, 0.6) is 5.75 Å². The van der Waals surface area contributed by atoms with Gasteiger partial charge in [0.1, 0.15) is 24.0 Å². The van der Waals surface area contributed by atoms with Crippen molar-refractivity contribution in [3.05, 3.63) is 145 Å². The number of rotatable bonds is 3. The van der Waals surface area contributed by atoms with Crippen LogP contribution in [0.2, 0.25) is 0 Å². The number of para-hydroxylation sites is 3. The highest BCUT2D eigenvalue weighted by molar-refractivity contribution is 6.18. The van der Waals surface area contributed by atoms with Crippen LogP contribution in [0.3, 0.4) is 0 Å². The Labute approximate surface area is 243 Å². The first-order valence-electron chi connectivity index (χ1n) is 14.3. The molecule has 0 unspecified atom stereocenters. The van der Waals surface area contributed by atoms with Crippen LogP contribution >= 0.6 is 0 Å². The number of ether oxygens (including phenoxy) is 1. The zero-order valence-electron chi connectivity index (χ0n) is 22.7. The number of fused-ring (bicyclic) bond motifs is 6. The number of hydrogen-bond donors (Lipinski definition) is 0. The van der Waals surface area contributed by atoms with Crippen LogP contribution in [-0.2, 0) is 6.61 Å². The first kappa shape index (κ1) is 23.1. The van der Waals surface area contributed by atoms with Crippen LogP contribution in [0.15, 0.2) is 140 Å². The summed E-state index contributed by atoms with van der Waals surface area (Å²) in [6.07, 6.45) is 2.01. The second-order valence-corrected chi connectivity index (χ2v) is 10.8. The predicted octanol–water partition coefficient (Wildman–Crippen LogP) is 9.70. The molecule has 0 saturated carbocycles. The van der Waals surface area contributed by atoms with Crippen LogP contribution in [0.4, 0.5) is 17.2 Å². The fraction of sp³-hybridized carbons (Fsp3) is 0.0263. The molecule has 1 aromatic heterocycles. The third kappa shape index (κ3) is 3.26. The lowest BCUT2D eigenvalue weighted by atomic mass is 9.84.